The van der Waals surface area contributed by atoms with Crippen LogP contribution in [-0.4, -0.2) is 4.98 Å². The molecule has 1 aromatic heterocycles. The SMILES string of the molecule is C1=CCC2C(=C1)N(c1ccccc1)c1cc(-c3ccc(N(c4ccc(-c5ccccc5)cc4)c4cccnc4)cc3)ccc12. The number of hydrogen-bond acceptors (Lipinski definition) is 3. The molecule has 0 saturated carbocycles. The van der Waals surface area contributed by atoms with Gasteiger partial charge in [0.2, 0.25) is 0 Å². The van der Waals surface area contributed by atoms with Crippen LogP contribution in [0.3, 0.4) is 0 Å². The Balaban J connectivity index is 1.15. The monoisotopic (exact) mass is 565 g/mol. The van der Waals surface area contributed by atoms with Gasteiger partial charge in [-0.1, -0.05) is 97.1 Å². The smallest absolute Gasteiger partial charge is 0.0644 e. The molecule has 6 aromatic rings. The number of fused-ring (bicyclic) bond motifs is 3. The molecular weight excluding hydrogens is 534 g/mol. The molecule has 1 aliphatic heterocycles. The van der Waals surface area contributed by atoms with Crippen LogP contribution in [0, 0.1) is 0 Å². The Bertz CT molecular complexity index is 1960. The van der Waals surface area contributed by atoms with E-state index in [1.54, 1.807) is 0 Å². The van der Waals surface area contributed by atoms with Crippen LogP contribution in [0.5, 0.6) is 0 Å². The molecule has 0 saturated heterocycles. The summed E-state index contributed by atoms with van der Waals surface area (Å²) in [6.07, 6.45) is 11.5. The lowest BCUT2D eigenvalue weighted by Gasteiger charge is -2.25. The Hall–Kier alpha value is -5.67. The zero-order chi connectivity index (χ0) is 29.3. The van der Waals surface area contributed by atoms with Crippen molar-refractivity contribution >= 4 is 28.4 Å². The summed E-state index contributed by atoms with van der Waals surface area (Å²) in [5, 5.41) is 0. The van der Waals surface area contributed by atoms with Crippen LogP contribution < -0.4 is 9.80 Å². The van der Waals surface area contributed by atoms with Crippen LogP contribution in [-0.2, 0) is 0 Å². The van der Waals surface area contributed by atoms with Crippen LogP contribution in [0.15, 0.2) is 176 Å². The molecule has 1 unspecified atom stereocenters. The van der Waals surface area contributed by atoms with Crippen LogP contribution in [0.25, 0.3) is 22.3 Å². The van der Waals surface area contributed by atoms with Gasteiger partial charge < -0.3 is 9.80 Å². The minimum absolute atomic E-state index is 0.396. The van der Waals surface area contributed by atoms with Crippen LogP contribution in [0.1, 0.15) is 17.9 Å². The average molecular weight is 566 g/mol. The number of pyridine rings is 1. The second-order valence-electron chi connectivity index (χ2n) is 11.3. The minimum Gasteiger partial charge on any atom is -0.313 e. The zero-order valence-corrected chi connectivity index (χ0v) is 24.3. The predicted molar refractivity (Wildman–Crippen MR) is 183 cm³/mol. The third-order valence-corrected chi connectivity index (χ3v) is 8.65. The number of nitrogens with zero attached hydrogens (tertiary/aromatic N) is 3. The minimum atomic E-state index is 0.396. The molecule has 1 aliphatic carbocycles. The van der Waals surface area contributed by atoms with Gasteiger partial charge in [-0.25, -0.2) is 0 Å². The van der Waals surface area contributed by atoms with Crippen molar-refractivity contribution in [3.63, 3.8) is 0 Å². The van der Waals surface area contributed by atoms with Gasteiger partial charge in [-0.3, -0.25) is 4.98 Å². The van der Waals surface area contributed by atoms with Crippen molar-refractivity contribution in [1.82, 2.24) is 4.98 Å². The number of anilines is 5. The number of rotatable bonds is 6. The number of benzene rings is 5. The molecule has 0 N–H and O–H groups in total. The summed E-state index contributed by atoms with van der Waals surface area (Å²) in [5.74, 6) is 0.396. The summed E-state index contributed by atoms with van der Waals surface area (Å²) in [7, 11) is 0. The summed E-state index contributed by atoms with van der Waals surface area (Å²) in [6, 6.07) is 49.9. The fourth-order valence-corrected chi connectivity index (χ4v) is 6.52. The van der Waals surface area contributed by atoms with Gasteiger partial charge in [0.15, 0.2) is 0 Å². The van der Waals surface area contributed by atoms with Crippen molar-refractivity contribution in [2.45, 2.75) is 12.3 Å². The maximum absolute atomic E-state index is 4.43. The summed E-state index contributed by atoms with van der Waals surface area (Å²) >= 11 is 0. The van der Waals surface area contributed by atoms with Gasteiger partial charge >= 0.3 is 0 Å². The molecule has 8 rings (SSSR count). The first-order valence-corrected chi connectivity index (χ1v) is 15.2. The summed E-state index contributed by atoms with van der Waals surface area (Å²) in [4.78, 5) is 9.12. The van der Waals surface area contributed by atoms with E-state index in [4.69, 9.17) is 0 Å². The van der Waals surface area contributed by atoms with E-state index in [-0.39, 0.29) is 0 Å². The number of para-hydroxylation sites is 1. The molecule has 2 aliphatic rings. The van der Waals surface area contributed by atoms with Crippen molar-refractivity contribution in [3.8, 4) is 22.3 Å². The van der Waals surface area contributed by atoms with Crippen molar-refractivity contribution in [2.24, 2.45) is 0 Å². The molecule has 0 fully saturated rings. The van der Waals surface area contributed by atoms with Crippen LogP contribution >= 0.6 is 0 Å². The first kappa shape index (κ1) is 26.0. The van der Waals surface area contributed by atoms with Gasteiger partial charge in [-0.2, -0.15) is 0 Å². The topological polar surface area (TPSA) is 19.4 Å². The third kappa shape index (κ3) is 4.69. The highest BCUT2D eigenvalue weighted by atomic mass is 15.2. The van der Waals surface area contributed by atoms with E-state index in [1.807, 2.05) is 18.5 Å². The van der Waals surface area contributed by atoms with Crippen molar-refractivity contribution in [1.29, 1.82) is 0 Å². The summed E-state index contributed by atoms with van der Waals surface area (Å²) in [5.41, 5.74) is 13.2. The Morgan fingerprint density at radius 3 is 1.91 bits per heavy atom. The highest BCUT2D eigenvalue weighted by Crippen LogP contribution is 2.51. The van der Waals surface area contributed by atoms with Gasteiger partial charge in [-0.15, -0.1) is 0 Å². The second kappa shape index (κ2) is 11.2. The molecule has 5 aromatic carbocycles. The Kier molecular flexibility index (Phi) is 6.62. The van der Waals surface area contributed by atoms with Gasteiger partial charge in [-0.05, 0) is 94.9 Å². The fourth-order valence-electron chi connectivity index (χ4n) is 6.52. The maximum atomic E-state index is 4.43. The lowest BCUT2D eigenvalue weighted by Crippen LogP contribution is -2.14. The quantitative estimate of drug-likeness (QED) is 0.200. The molecule has 3 nitrogen and oxygen atoms in total. The van der Waals surface area contributed by atoms with Crippen molar-refractivity contribution < 1.29 is 0 Å². The summed E-state index contributed by atoms with van der Waals surface area (Å²) in [6.45, 7) is 0. The molecule has 210 valence electrons. The van der Waals surface area contributed by atoms with E-state index in [2.05, 4.69) is 166 Å². The van der Waals surface area contributed by atoms with Gasteiger partial charge in [0.05, 0.1) is 17.6 Å². The third-order valence-electron chi connectivity index (χ3n) is 8.65. The fraction of sp³-hybridized carbons (Fsp3) is 0.0488. The molecule has 0 amide bonds. The molecule has 0 spiro atoms. The van der Waals surface area contributed by atoms with Gasteiger partial charge in [0.25, 0.3) is 0 Å². The largest absolute Gasteiger partial charge is 0.313 e. The van der Waals surface area contributed by atoms with E-state index in [1.165, 1.54) is 44.9 Å². The van der Waals surface area contributed by atoms with Crippen LogP contribution in [0.4, 0.5) is 28.4 Å². The number of hydrogen-bond donors (Lipinski definition) is 0. The lowest BCUT2D eigenvalue weighted by atomic mass is 9.91. The van der Waals surface area contributed by atoms with E-state index in [0.29, 0.717) is 5.92 Å². The molecule has 3 heteroatoms. The average Bonchev–Trinajstić information content (AvgIpc) is 3.44. The lowest BCUT2D eigenvalue weighted by molar-refractivity contribution is 0.819. The Morgan fingerprint density at radius 2 is 1.23 bits per heavy atom. The van der Waals surface area contributed by atoms with Crippen molar-refractivity contribution in [3.05, 3.63) is 181 Å². The standard InChI is InChI=1S/C41H31N3/c1-3-10-30(11-4-1)31-17-22-35(23-18-31)43(37-14-9-27-42-29-37)36-24-19-32(20-25-36)33-21-26-39-38-15-7-8-16-40(38)44(41(39)28-33)34-12-5-2-6-13-34/h1-14,16-29,38H,15H2. The summed E-state index contributed by atoms with van der Waals surface area (Å²) < 4.78 is 0. The molecule has 2 heterocycles. The highest BCUT2D eigenvalue weighted by Gasteiger charge is 2.34. The van der Waals surface area contributed by atoms with E-state index >= 15 is 0 Å². The first-order chi connectivity index (χ1) is 21.8. The number of aromatic nitrogens is 1. The number of allylic oxidation sites excluding steroid dienone is 4. The Labute approximate surface area is 258 Å². The predicted octanol–water partition coefficient (Wildman–Crippen LogP) is 11.0. The van der Waals surface area contributed by atoms with E-state index in [0.717, 1.165) is 23.5 Å². The molecule has 0 radical (unpaired) electrons. The highest BCUT2D eigenvalue weighted by molar-refractivity contribution is 5.84. The molecule has 1 atom stereocenters. The van der Waals surface area contributed by atoms with E-state index in [9.17, 15) is 0 Å². The normalized spacial score (nSPS) is 15.0. The van der Waals surface area contributed by atoms with Crippen LogP contribution in [0.2, 0.25) is 0 Å². The molecular formula is C41H31N3. The molecule has 0 bridgehead atoms. The second-order valence-corrected chi connectivity index (χ2v) is 11.3. The maximum Gasteiger partial charge on any atom is 0.0644 e. The van der Waals surface area contributed by atoms with Crippen molar-refractivity contribution in [2.75, 3.05) is 9.80 Å². The first-order valence-electron chi connectivity index (χ1n) is 15.2. The van der Waals surface area contributed by atoms with Gasteiger partial charge in [0, 0.05) is 34.9 Å². The molecule has 44 heavy (non-hydrogen) atoms. The Morgan fingerprint density at radius 1 is 0.591 bits per heavy atom. The van der Waals surface area contributed by atoms with Gasteiger partial charge in [0.1, 0.15) is 0 Å². The zero-order valence-electron chi connectivity index (χ0n) is 24.3. The van der Waals surface area contributed by atoms with E-state index < -0.39 is 0 Å².